The van der Waals surface area contributed by atoms with Crippen molar-refractivity contribution < 1.29 is 9.47 Å². The normalized spacial score (nSPS) is 12.4. The summed E-state index contributed by atoms with van der Waals surface area (Å²) >= 11 is 0. The van der Waals surface area contributed by atoms with Crippen LogP contribution in [0.2, 0.25) is 0 Å². The van der Waals surface area contributed by atoms with Gasteiger partial charge >= 0.3 is 0 Å². The number of nitriles is 1. The Morgan fingerprint density at radius 2 is 2.21 bits per heavy atom. The first kappa shape index (κ1) is 15.6. The molecule has 0 N–H and O–H groups in total. The molecule has 0 bridgehead atoms. The molecule has 5 nitrogen and oxygen atoms in total. The summed E-state index contributed by atoms with van der Waals surface area (Å²) in [6, 6.07) is 6.10. The third-order valence-corrected chi connectivity index (χ3v) is 2.94. The number of hydrogen-bond acceptors (Lipinski definition) is 5. The molecule has 1 atom stereocenters. The maximum Gasteiger partial charge on any atom is 0.140 e. The van der Waals surface area contributed by atoms with E-state index in [0.29, 0.717) is 24.9 Å². The van der Waals surface area contributed by atoms with Gasteiger partial charge in [0.1, 0.15) is 11.8 Å². The predicted octanol–water partition coefficient (Wildman–Crippen LogP) is 1.44. The number of methoxy groups -OCH3 is 2. The van der Waals surface area contributed by atoms with E-state index in [-0.39, 0.29) is 0 Å². The molecule has 1 heterocycles. The lowest BCUT2D eigenvalue weighted by Crippen LogP contribution is -2.38. The second kappa shape index (κ2) is 8.59. The highest BCUT2D eigenvalue weighted by Gasteiger charge is 2.14. The maximum atomic E-state index is 8.86. The summed E-state index contributed by atoms with van der Waals surface area (Å²) in [5, 5.41) is 8.86. The minimum Gasteiger partial charge on any atom is -0.383 e. The van der Waals surface area contributed by atoms with Crippen molar-refractivity contribution in [3.05, 3.63) is 29.6 Å². The molecule has 0 radical (unpaired) electrons. The van der Waals surface area contributed by atoms with Gasteiger partial charge in [0.25, 0.3) is 0 Å². The van der Waals surface area contributed by atoms with Crippen molar-refractivity contribution in [2.75, 3.05) is 34.0 Å². The van der Waals surface area contributed by atoms with E-state index in [1.54, 1.807) is 20.4 Å². The van der Waals surface area contributed by atoms with Gasteiger partial charge in [0.15, 0.2) is 0 Å². The second-order valence-corrected chi connectivity index (χ2v) is 4.43. The molecule has 0 aliphatic heterocycles. The van der Waals surface area contributed by atoms with Crippen LogP contribution in [0.3, 0.4) is 0 Å². The zero-order valence-electron chi connectivity index (χ0n) is 11.8. The Hall–Kier alpha value is -1.48. The number of aromatic nitrogens is 1. The van der Waals surface area contributed by atoms with Crippen molar-refractivity contribution in [1.82, 2.24) is 9.88 Å². The van der Waals surface area contributed by atoms with Crippen LogP contribution in [0.25, 0.3) is 0 Å². The van der Waals surface area contributed by atoms with Crippen molar-refractivity contribution in [2.45, 2.75) is 19.5 Å². The fourth-order valence-corrected chi connectivity index (χ4v) is 1.88. The van der Waals surface area contributed by atoms with Crippen LogP contribution in [-0.4, -0.2) is 49.9 Å². The zero-order chi connectivity index (χ0) is 14.1. The molecule has 0 spiro atoms. The zero-order valence-corrected chi connectivity index (χ0v) is 11.8. The standard InChI is InChI=1S/C14H21N3O2/c1-12(11-19-3)17(6-7-18-2)10-13-4-5-16-14(8-13)9-15/h4-5,8,12H,6-7,10-11H2,1-3H3. The summed E-state index contributed by atoms with van der Waals surface area (Å²) < 4.78 is 10.3. The van der Waals surface area contributed by atoms with Gasteiger partial charge in [-0.1, -0.05) is 0 Å². The summed E-state index contributed by atoms with van der Waals surface area (Å²) in [6.45, 7) is 5.03. The summed E-state index contributed by atoms with van der Waals surface area (Å²) in [4.78, 5) is 6.25. The van der Waals surface area contributed by atoms with Crippen LogP contribution < -0.4 is 0 Å². The highest BCUT2D eigenvalue weighted by molar-refractivity contribution is 5.25. The number of nitrogens with zero attached hydrogens (tertiary/aromatic N) is 3. The van der Waals surface area contributed by atoms with Gasteiger partial charge in [-0.25, -0.2) is 4.98 Å². The van der Waals surface area contributed by atoms with Gasteiger partial charge in [0.2, 0.25) is 0 Å². The average Bonchev–Trinajstić information content (AvgIpc) is 2.43. The third kappa shape index (κ3) is 5.35. The smallest absolute Gasteiger partial charge is 0.140 e. The molecule has 1 aromatic heterocycles. The van der Waals surface area contributed by atoms with Crippen LogP contribution in [0.1, 0.15) is 18.2 Å². The van der Waals surface area contributed by atoms with Crippen LogP contribution in [-0.2, 0) is 16.0 Å². The van der Waals surface area contributed by atoms with E-state index in [1.807, 2.05) is 12.1 Å². The van der Waals surface area contributed by atoms with Gasteiger partial charge in [0.05, 0.1) is 13.2 Å². The van der Waals surface area contributed by atoms with Gasteiger partial charge in [-0.05, 0) is 24.6 Å². The van der Waals surface area contributed by atoms with E-state index in [4.69, 9.17) is 14.7 Å². The molecule has 19 heavy (non-hydrogen) atoms. The molecule has 1 aromatic rings. The second-order valence-electron chi connectivity index (χ2n) is 4.43. The number of pyridine rings is 1. The fraction of sp³-hybridized carbons (Fsp3) is 0.571. The molecule has 0 saturated carbocycles. The predicted molar refractivity (Wildman–Crippen MR) is 72.6 cm³/mol. The van der Waals surface area contributed by atoms with Crippen LogP contribution in [0, 0.1) is 11.3 Å². The lowest BCUT2D eigenvalue weighted by Gasteiger charge is -2.28. The first-order valence-corrected chi connectivity index (χ1v) is 6.28. The van der Waals surface area contributed by atoms with Gasteiger partial charge < -0.3 is 9.47 Å². The van der Waals surface area contributed by atoms with Crippen molar-refractivity contribution >= 4 is 0 Å². The molecule has 0 amide bonds. The molecule has 0 aliphatic carbocycles. The number of hydrogen-bond donors (Lipinski definition) is 0. The average molecular weight is 263 g/mol. The molecule has 0 saturated heterocycles. The quantitative estimate of drug-likeness (QED) is 0.710. The summed E-state index contributed by atoms with van der Waals surface area (Å²) in [7, 11) is 3.39. The van der Waals surface area contributed by atoms with Crippen LogP contribution >= 0.6 is 0 Å². The molecule has 0 aromatic carbocycles. The first-order valence-electron chi connectivity index (χ1n) is 6.28. The Morgan fingerprint density at radius 1 is 1.42 bits per heavy atom. The molecule has 0 fully saturated rings. The van der Waals surface area contributed by atoms with Crippen molar-refractivity contribution in [1.29, 1.82) is 5.26 Å². The lowest BCUT2D eigenvalue weighted by atomic mass is 10.2. The molecule has 104 valence electrons. The van der Waals surface area contributed by atoms with Crippen molar-refractivity contribution in [2.24, 2.45) is 0 Å². The fourth-order valence-electron chi connectivity index (χ4n) is 1.88. The van der Waals surface area contributed by atoms with Gasteiger partial charge in [0, 0.05) is 39.5 Å². The lowest BCUT2D eigenvalue weighted by molar-refractivity contribution is 0.0705. The molecule has 1 unspecified atom stereocenters. The summed E-state index contributed by atoms with van der Waals surface area (Å²) in [5.41, 5.74) is 1.52. The molecular formula is C14H21N3O2. The van der Waals surface area contributed by atoms with Gasteiger partial charge in [-0.15, -0.1) is 0 Å². The van der Waals surface area contributed by atoms with E-state index in [0.717, 1.165) is 18.7 Å². The van der Waals surface area contributed by atoms with E-state index in [2.05, 4.69) is 22.9 Å². The number of ether oxygens (including phenoxy) is 2. The topological polar surface area (TPSA) is 58.4 Å². The van der Waals surface area contributed by atoms with Gasteiger partial charge in [-0.2, -0.15) is 5.26 Å². The Labute approximate surface area is 114 Å². The van der Waals surface area contributed by atoms with E-state index in [9.17, 15) is 0 Å². The van der Waals surface area contributed by atoms with E-state index in [1.165, 1.54) is 0 Å². The minimum absolute atomic E-state index is 0.291. The minimum atomic E-state index is 0.291. The molecule has 5 heteroatoms. The summed E-state index contributed by atoms with van der Waals surface area (Å²) in [5.74, 6) is 0. The largest absolute Gasteiger partial charge is 0.383 e. The van der Waals surface area contributed by atoms with Gasteiger partial charge in [-0.3, -0.25) is 4.90 Å². The maximum absolute atomic E-state index is 8.86. The van der Waals surface area contributed by atoms with E-state index < -0.39 is 0 Å². The van der Waals surface area contributed by atoms with Crippen molar-refractivity contribution in [3.8, 4) is 6.07 Å². The Morgan fingerprint density at radius 3 is 2.84 bits per heavy atom. The highest BCUT2D eigenvalue weighted by Crippen LogP contribution is 2.09. The molecule has 0 aliphatic rings. The highest BCUT2D eigenvalue weighted by atomic mass is 16.5. The SMILES string of the molecule is COCCN(Cc1ccnc(C#N)c1)C(C)COC. The first-order chi connectivity index (χ1) is 9.21. The Bertz CT molecular complexity index is 417. The van der Waals surface area contributed by atoms with Crippen LogP contribution in [0.5, 0.6) is 0 Å². The Balaban J connectivity index is 2.72. The summed E-state index contributed by atoms with van der Waals surface area (Å²) in [6.07, 6.45) is 1.67. The van der Waals surface area contributed by atoms with Crippen LogP contribution in [0.4, 0.5) is 0 Å². The van der Waals surface area contributed by atoms with Crippen LogP contribution in [0.15, 0.2) is 18.3 Å². The molecule has 1 rings (SSSR count). The monoisotopic (exact) mass is 263 g/mol. The van der Waals surface area contributed by atoms with E-state index >= 15 is 0 Å². The Kier molecular flexibility index (Phi) is 7.04. The third-order valence-electron chi connectivity index (χ3n) is 2.94. The molecular weight excluding hydrogens is 242 g/mol. The van der Waals surface area contributed by atoms with Crippen molar-refractivity contribution in [3.63, 3.8) is 0 Å². The number of rotatable bonds is 8.